The van der Waals surface area contributed by atoms with Gasteiger partial charge in [0.25, 0.3) is 5.56 Å². The first kappa shape index (κ1) is 51.2. The number of rotatable bonds is 40. The van der Waals surface area contributed by atoms with Crippen molar-refractivity contribution in [2.45, 2.75) is 232 Å². The van der Waals surface area contributed by atoms with E-state index in [1.54, 1.807) is 6.33 Å². The SMILES string of the molecule is CCCCCCCCCOC(=O)CCCCCCCN(CCCCCCCC(=O)OC(CCCCC)CCCCCCCC)CCCn1cnc2c(=O)[nH]c(N)nc21. The number of nitrogens with two attached hydrogens (primary N) is 1. The van der Waals surface area contributed by atoms with Crippen LogP contribution in [0.2, 0.25) is 0 Å². The zero-order valence-electron chi connectivity index (χ0n) is 37.5. The molecule has 1 atom stereocenters. The summed E-state index contributed by atoms with van der Waals surface area (Å²) in [5, 5.41) is 0. The fraction of sp³-hybridized carbons (Fsp3) is 0.851. The molecule has 58 heavy (non-hydrogen) atoms. The maximum Gasteiger partial charge on any atom is 0.306 e. The van der Waals surface area contributed by atoms with Gasteiger partial charge in [0.15, 0.2) is 11.2 Å². The Balaban J connectivity index is 1.68. The Labute approximate surface area is 352 Å². The summed E-state index contributed by atoms with van der Waals surface area (Å²) in [5.74, 6) is 0.0503. The molecule has 0 saturated carbocycles. The van der Waals surface area contributed by atoms with Crippen molar-refractivity contribution >= 4 is 29.1 Å². The van der Waals surface area contributed by atoms with E-state index in [1.807, 2.05) is 4.57 Å². The van der Waals surface area contributed by atoms with Crippen molar-refractivity contribution in [3.63, 3.8) is 0 Å². The second-order valence-electron chi connectivity index (χ2n) is 16.8. The van der Waals surface area contributed by atoms with Gasteiger partial charge in [0.1, 0.15) is 6.10 Å². The molecule has 2 aromatic heterocycles. The van der Waals surface area contributed by atoms with E-state index < -0.39 is 0 Å². The molecule has 11 heteroatoms. The molecule has 0 spiro atoms. The summed E-state index contributed by atoms with van der Waals surface area (Å²) in [6.07, 6.45) is 36.2. The lowest BCUT2D eigenvalue weighted by Crippen LogP contribution is -2.28. The number of aromatic amines is 1. The van der Waals surface area contributed by atoms with Crippen LogP contribution < -0.4 is 11.3 Å². The highest BCUT2D eigenvalue weighted by molar-refractivity contribution is 5.70. The van der Waals surface area contributed by atoms with Gasteiger partial charge in [-0.25, -0.2) is 4.98 Å². The van der Waals surface area contributed by atoms with E-state index in [1.165, 1.54) is 77.0 Å². The number of nitrogens with one attached hydrogen (secondary N) is 1. The number of aryl methyl sites for hydroxylation is 1. The molecule has 0 aliphatic heterocycles. The molecule has 0 bridgehead atoms. The Morgan fingerprint density at radius 3 is 1.76 bits per heavy atom. The van der Waals surface area contributed by atoms with E-state index in [4.69, 9.17) is 15.2 Å². The van der Waals surface area contributed by atoms with E-state index in [9.17, 15) is 14.4 Å². The van der Waals surface area contributed by atoms with Crippen LogP contribution in [0.15, 0.2) is 11.1 Å². The molecule has 2 rings (SSSR count). The highest BCUT2D eigenvalue weighted by Gasteiger charge is 2.15. The smallest absolute Gasteiger partial charge is 0.306 e. The number of aromatic nitrogens is 4. The van der Waals surface area contributed by atoms with Crippen LogP contribution in [0.4, 0.5) is 5.95 Å². The average Bonchev–Trinajstić information content (AvgIpc) is 3.61. The third kappa shape index (κ3) is 25.5. The van der Waals surface area contributed by atoms with Gasteiger partial charge in [0.2, 0.25) is 5.95 Å². The summed E-state index contributed by atoms with van der Waals surface area (Å²) in [7, 11) is 0. The molecule has 2 aromatic rings. The average molecular weight is 815 g/mol. The largest absolute Gasteiger partial charge is 0.466 e. The number of hydrogen-bond acceptors (Lipinski definition) is 9. The topological polar surface area (TPSA) is 145 Å². The van der Waals surface area contributed by atoms with Crippen molar-refractivity contribution < 1.29 is 19.1 Å². The number of anilines is 1. The number of nitrogen functional groups attached to an aromatic ring is 1. The van der Waals surface area contributed by atoms with Crippen molar-refractivity contribution in [2.75, 3.05) is 32.0 Å². The Bertz CT molecular complexity index is 1360. The molecule has 3 N–H and O–H groups in total. The standard InChI is InChI=1S/C47H86N6O5/c1-4-7-10-12-14-22-29-39-57-42(54)33-25-18-15-20-27-35-52(37-30-38-53-40-49-44-45(53)50-47(48)51-46(44)56)36-28-21-16-19-26-34-43(55)58-41(31-23-9-6-3)32-24-17-13-11-8-5-2/h40-41H,4-39H2,1-3H3,(H3,48,50,51,56). The second kappa shape index (κ2) is 34.9. The second-order valence-corrected chi connectivity index (χ2v) is 16.8. The molecular weight excluding hydrogens is 729 g/mol. The number of hydrogen-bond donors (Lipinski definition) is 2. The number of H-pyrrole nitrogens is 1. The number of carbonyl (C=O) groups is 2. The van der Waals surface area contributed by atoms with E-state index in [0.29, 0.717) is 37.2 Å². The number of imidazole rings is 1. The number of ether oxygens (including phenoxy) is 2. The monoisotopic (exact) mass is 815 g/mol. The minimum Gasteiger partial charge on any atom is -0.466 e. The normalized spacial score (nSPS) is 12.1. The van der Waals surface area contributed by atoms with Crippen LogP contribution in [0.25, 0.3) is 11.2 Å². The highest BCUT2D eigenvalue weighted by Crippen LogP contribution is 2.18. The zero-order chi connectivity index (χ0) is 41.9. The maximum absolute atomic E-state index is 12.8. The number of nitrogens with zero attached hydrogens (tertiary/aromatic N) is 4. The number of unbranched alkanes of at least 4 members (excludes halogenated alkanes) is 21. The minimum absolute atomic E-state index is 0.00874. The van der Waals surface area contributed by atoms with Gasteiger partial charge >= 0.3 is 11.9 Å². The number of fused-ring (bicyclic) bond motifs is 1. The lowest BCUT2D eigenvalue weighted by atomic mass is 10.0. The predicted molar refractivity (Wildman–Crippen MR) is 240 cm³/mol. The fourth-order valence-corrected chi connectivity index (χ4v) is 7.80. The Morgan fingerprint density at radius 1 is 0.655 bits per heavy atom. The Hall–Kier alpha value is -2.95. The van der Waals surface area contributed by atoms with Crippen LogP contribution in [0.5, 0.6) is 0 Å². The number of esters is 2. The van der Waals surface area contributed by atoms with E-state index in [0.717, 1.165) is 129 Å². The highest BCUT2D eigenvalue weighted by atomic mass is 16.5. The van der Waals surface area contributed by atoms with E-state index in [2.05, 4.69) is 40.6 Å². The predicted octanol–water partition coefficient (Wildman–Crippen LogP) is 11.6. The molecule has 0 aliphatic rings. The van der Waals surface area contributed by atoms with Gasteiger partial charge < -0.3 is 24.7 Å². The Morgan fingerprint density at radius 2 is 1.14 bits per heavy atom. The molecule has 11 nitrogen and oxygen atoms in total. The van der Waals surface area contributed by atoms with Crippen LogP contribution in [-0.2, 0) is 25.6 Å². The Kier molecular flexibility index (Phi) is 30.8. The van der Waals surface area contributed by atoms with Gasteiger partial charge in [-0.1, -0.05) is 143 Å². The van der Waals surface area contributed by atoms with Crippen molar-refractivity contribution in [2.24, 2.45) is 0 Å². The molecule has 0 aromatic carbocycles. The molecule has 334 valence electrons. The first-order chi connectivity index (χ1) is 28.4. The van der Waals surface area contributed by atoms with Crippen molar-refractivity contribution in [1.82, 2.24) is 24.4 Å². The van der Waals surface area contributed by atoms with Crippen LogP contribution in [0.3, 0.4) is 0 Å². The molecular formula is C47H86N6O5. The van der Waals surface area contributed by atoms with Gasteiger partial charge in [-0.15, -0.1) is 0 Å². The van der Waals surface area contributed by atoms with E-state index >= 15 is 0 Å². The fourth-order valence-electron chi connectivity index (χ4n) is 7.80. The lowest BCUT2D eigenvalue weighted by molar-refractivity contribution is -0.150. The first-order valence-corrected chi connectivity index (χ1v) is 24.2. The van der Waals surface area contributed by atoms with Gasteiger partial charge in [-0.3, -0.25) is 19.4 Å². The van der Waals surface area contributed by atoms with Crippen LogP contribution in [0, 0.1) is 0 Å². The van der Waals surface area contributed by atoms with Gasteiger partial charge in [-0.2, -0.15) is 4.98 Å². The lowest BCUT2D eigenvalue weighted by Gasteiger charge is -2.22. The third-order valence-electron chi connectivity index (χ3n) is 11.4. The molecule has 0 amide bonds. The molecule has 1 unspecified atom stereocenters. The maximum atomic E-state index is 12.8. The van der Waals surface area contributed by atoms with Gasteiger partial charge in [0.05, 0.1) is 12.9 Å². The summed E-state index contributed by atoms with van der Waals surface area (Å²) >= 11 is 0. The van der Waals surface area contributed by atoms with Gasteiger partial charge in [-0.05, 0) is 83.8 Å². The van der Waals surface area contributed by atoms with Crippen LogP contribution in [-0.4, -0.2) is 68.7 Å². The molecule has 0 saturated heterocycles. The summed E-state index contributed by atoms with van der Waals surface area (Å²) < 4.78 is 13.4. The third-order valence-corrected chi connectivity index (χ3v) is 11.4. The van der Waals surface area contributed by atoms with Crippen LogP contribution >= 0.6 is 0 Å². The summed E-state index contributed by atoms with van der Waals surface area (Å²) in [6, 6.07) is 0. The molecule has 0 radical (unpaired) electrons. The molecule has 0 aliphatic carbocycles. The van der Waals surface area contributed by atoms with E-state index in [-0.39, 0.29) is 29.6 Å². The quantitative estimate of drug-likeness (QED) is 0.0496. The molecule has 0 fully saturated rings. The summed E-state index contributed by atoms with van der Waals surface area (Å²) in [5.41, 5.74) is 6.35. The minimum atomic E-state index is -0.310. The van der Waals surface area contributed by atoms with Crippen LogP contribution in [0.1, 0.15) is 220 Å². The van der Waals surface area contributed by atoms with Crippen molar-refractivity contribution in [3.05, 3.63) is 16.7 Å². The van der Waals surface area contributed by atoms with Crippen molar-refractivity contribution in [3.8, 4) is 0 Å². The molecule has 2 heterocycles. The summed E-state index contributed by atoms with van der Waals surface area (Å²) in [4.78, 5) is 50.8. The summed E-state index contributed by atoms with van der Waals surface area (Å²) in [6.45, 7) is 11.0. The van der Waals surface area contributed by atoms with Crippen molar-refractivity contribution in [1.29, 1.82) is 0 Å². The zero-order valence-corrected chi connectivity index (χ0v) is 37.5. The van der Waals surface area contributed by atoms with Gasteiger partial charge in [0, 0.05) is 19.4 Å². The number of carbonyl (C=O) groups excluding carboxylic acids is 2. The first-order valence-electron chi connectivity index (χ1n) is 24.2.